The summed E-state index contributed by atoms with van der Waals surface area (Å²) in [5.74, 6) is 0.0327. The van der Waals surface area contributed by atoms with Crippen LogP contribution >= 0.6 is 0 Å². The summed E-state index contributed by atoms with van der Waals surface area (Å²) in [6.07, 6.45) is 4.13. The smallest absolute Gasteiger partial charge is 0.274 e. The second kappa shape index (κ2) is 8.00. The molecular formula is C22H27N5O2. The lowest BCUT2D eigenvalue weighted by Gasteiger charge is -2.39. The van der Waals surface area contributed by atoms with Crippen LogP contribution < -0.4 is 0 Å². The van der Waals surface area contributed by atoms with Crippen molar-refractivity contribution in [3.05, 3.63) is 54.0 Å². The van der Waals surface area contributed by atoms with Gasteiger partial charge in [-0.15, -0.1) is 0 Å². The van der Waals surface area contributed by atoms with Gasteiger partial charge < -0.3 is 14.2 Å². The quantitative estimate of drug-likeness (QED) is 0.739. The van der Waals surface area contributed by atoms with E-state index in [4.69, 9.17) is 4.74 Å². The average Bonchev–Trinajstić information content (AvgIpc) is 3.42. The number of nitrogens with one attached hydrogen (secondary N) is 1. The van der Waals surface area contributed by atoms with Gasteiger partial charge in [0.15, 0.2) is 0 Å². The number of rotatable bonds is 4. The Hall–Kier alpha value is -2.64. The van der Waals surface area contributed by atoms with Gasteiger partial charge in [0.25, 0.3) is 5.91 Å². The van der Waals surface area contributed by atoms with Crippen molar-refractivity contribution in [2.45, 2.75) is 25.4 Å². The summed E-state index contributed by atoms with van der Waals surface area (Å²) in [4.78, 5) is 17.4. The Bertz CT molecular complexity index is 980. The van der Waals surface area contributed by atoms with E-state index in [-0.39, 0.29) is 5.91 Å². The Morgan fingerprint density at radius 3 is 2.72 bits per heavy atom. The van der Waals surface area contributed by atoms with Gasteiger partial charge in [-0.2, -0.15) is 5.10 Å². The Morgan fingerprint density at radius 1 is 1.10 bits per heavy atom. The van der Waals surface area contributed by atoms with Crippen molar-refractivity contribution in [2.75, 3.05) is 39.4 Å². The number of fused-ring (bicyclic) bond motifs is 1. The van der Waals surface area contributed by atoms with E-state index in [0.29, 0.717) is 18.3 Å². The molecule has 2 aliphatic heterocycles. The molecular weight excluding hydrogens is 366 g/mol. The first-order valence-electron chi connectivity index (χ1n) is 10.5. The van der Waals surface area contributed by atoms with E-state index in [1.165, 1.54) is 10.9 Å². The molecule has 2 fully saturated rings. The number of benzene rings is 1. The van der Waals surface area contributed by atoms with Gasteiger partial charge in [-0.05, 0) is 36.4 Å². The molecule has 7 heteroatoms. The predicted octanol–water partition coefficient (Wildman–Crippen LogP) is 2.35. The third-order valence-electron chi connectivity index (χ3n) is 6.18. The third kappa shape index (κ3) is 3.80. The number of hydrogen-bond acceptors (Lipinski definition) is 4. The molecule has 2 aliphatic rings. The molecule has 0 aliphatic carbocycles. The summed E-state index contributed by atoms with van der Waals surface area (Å²) in [6.45, 7) is 5.94. The van der Waals surface area contributed by atoms with E-state index < -0.39 is 0 Å². The minimum atomic E-state index is 0.0327. The first-order valence-corrected chi connectivity index (χ1v) is 10.5. The minimum Gasteiger partial charge on any atom is -0.379 e. The maximum absolute atomic E-state index is 12.9. The van der Waals surface area contributed by atoms with Gasteiger partial charge in [-0.1, -0.05) is 18.2 Å². The van der Waals surface area contributed by atoms with Crippen LogP contribution in [0.25, 0.3) is 10.9 Å². The van der Waals surface area contributed by atoms with E-state index >= 15 is 0 Å². The number of nitrogens with zero attached hydrogens (tertiary/aromatic N) is 4. The number of aromatic amines is 1. The van der Waals surface area contributed by atoms with Gasteiger partial charge in [0, 0.05) is 43.9 Å². The van der Waals surface area contributed by atoms with Crippen molar-refractivity contribution >= 4 is 16.8 Å². The molecule has 7 nitrogen and oxygen atoms in total. The van der Waals surface area contributed by atoms with Crippen LogP contribution in [0.2, 0.25) is 0 Å². The zero-order chi connectivity index (χ0) is 19.6. The maximum Gasteiger partial charge on any atom is 0.274 e. The number of morpholine rings is 1. The van der Waals surface area contributed by atoms with Gasteiger partial charge >= 0.3 is 0 Å². The number of piperidine rings is 1. The number of aromatic nitrogens is 3. The standard InChI is InChI=1S/C22H27N5O2/c28-22(26-9-6-19(7-10-26)25-11-13-29-14-12-25)20-15-18(23-24-20)16-27-8-5-17-3-1-2-4-21(17)27/h1-5,8,15,19H,6-7,9-14,16H2,(H,23,24). The van der Waals surface area contributed by atoms with Crippen LogP contribution in [0.4, 0.5) is 0 Å². The number of para-hydroxylation sites is 1. The van der Waals surface area contributed by atoms with Gasteiger partial charge in [0.05, 0.1) is 25.5 Å². The summed E-state index contributed by atoms with van der Waals surface area (Å²) in [7, 11) is 0. The van der Waals surface area contributed by atoms with Crippen LogP contribution in [0.5, 0.6) is 0 Å². The van der Waals surface area contributed by atoms with E-state index in [1.807, 2.05) is 23.1 Å². The van der Waals surface area contributed by atoms with E-state index in [9.17, 15) is 4.79 Å². The predicted molar refractivity (Wildman–Crippen MR) is 111 cm³/mol. The summed E-state index contributed by atoms with van der Waals surface area (Å²) >= 11 is 0. The molecule has 4 heterocycles. The Balaban J connectivity index is 1.21. The number of carbonyl (C=O) groups is 1. The molecule has 2 saturated heterocycles. The molecule has 1 amide bonds. The van der Waals surface area contributed by atoms with Crippen LogP contribution in [0.15, 0.2) is 42.6 Å². The summed E-state index contributed by atoms with van der Waals surface area (Å²) in [5, 5.41) is 8.57. The van der Waals surface area contributed by atoms with Crippen molar-refractivity contribution < 1.29 is 9.53 Å². The van der Waals surface area contributed by atoms with Gasteiger partial charge in [-0.3, -0.25) is 14.8 Å². The number of likely N-dealkylation sites (tertiary alicyclic amines) is 1. The zero-order valence-electron chi connectivity index (χ0n) is 16.6. The second-order valence-corrected chi connectivity index (χ2v) is 7.95. The molecule has 3 aromatic rings. The Kier molecular flexibility index (Phi) is 5.08. The number of H-pyrrole nitrogens is 1. The SMILES string of the molecule is O=C(c1cc(Cn2ccc3ccccc32)[nH]n1)N1CCC(N2CCOCC2)CC1. The maximum atomic E-state index is 12.9. The normalized spacial score (nSPS) is 19.1. The molecule has 0 atom stereocenters. The van der Waals surface area contributed by atoms with Crippen molar-refractivity contribution in [1.82, 2.24) is 24.6 Å². The molecule has 0 bridgehead atoms. The molecule has 0 radical (unpaired) electrons. The van der Waals surface area contributed by atoms with Gasteiger partial charge in [0.1, 0.15) is 5.69 Å². The highest BCUT2D eigenvalue weighted by atomic mass is 16.5. The van der Waals surface area contributed by atoms with Crippen LogP contribution in [0, 0.1) is 0 Å². The van der Waals surface area contributed by atoms with Crippen molar-refractivity contribution in [3.63, 3.8) is 0 Å². The molecule has 0 unspecified atom stereocenters. The highest BCUT2D eigenvalue weighted by Gasteiger charge is 2.29. The fourth-order valence-electron chi connectivity index (χ4n) is 4.55. The number of ether oxygens (including phenoxy) is 1. The van der Waals surface area contributed by atoms with E-state index in [0.717, 1.165) is 57.9 Å². The van der Waals surface area contributed by atoms with Gasteiger partial charge in [-0.25, -0.2) is 0 Å². The van der Waals surface area contributed by atoms with Gasteiger partial charge in [0.2, 0.25) is 0 Å². The fraction of sp³-hybridized carbons (Fsp3) is 0.455. The Morgan fingerprint density at radius 2 is 1.90 bits per heavy atom. The molecule has 29 heavy (non-hydrogen) atoms. The third-order valence-corrected chi connectivity index (χ3v) is 6.18. The minimum absolute atomic E-state index is 0.0327. The first kappa shape index (κ1) is 18.4. The zero-order valence-corrected chi connectivity index (χ0v) is 16.6. The van der Waals surface area contributed by atoms with Crippen molar-refractivity contribution in [3.8, 4) is 0 Å². The summed E-state index contributed by atoms with van der Waals surface area (Å²) in [6, 6.07) is 12.9. The molecule has 0 saturated carbocycles. The molecule has 152 valence electrons. The van der Waals surface area contributed by atoms with Crippen LogP contribution in [0.1, 0.15) is 29.0 Å². The molecule has 2 aromatic heterocycles. The monoisotopic (exact) mass is 393 g/mol. The largest absolute Gasteiger partial charge is 0.379 e. The lowest BCUT2D eigenvalue weighted by molar-refractivity contribution is 0.00153. The lowest BCUT2D eigenvalue weighted by atomic mass is 10.0. The first-order chi connectivity index (χ1) is 14.3. The van der Waals surface area contributed by atoms with E-state index in [1.54, 1.807) is 0 Å². The highest BCUT2D eigenvalue weighted by molar-refractivity contribution is 5.92. The van der Waals surface area contributed by atoms with Crippen molar-refractivity contribution in [1.29, 1.82) is 0 Å². The lowest BCUT2D eigenvalue weighted by Crippen LogP contribution is -2.50. The summed E-state index contributed by atoms with van der Waals surface area (Å²) < 4.78 is 7.62. The molecule has 0 spiro atoms. The van der Waals surface area contributed by atoms with Crippen LogP contribution in [0.3, 0.4) is 0 Å². The topological polar surface area (TPSA) is 66.4 Å². The fourth-order valence-corrected chi connectivity index (χ4v) is 4.55. The average molecular weight is 393 g/mol. The second-order valence-electron chi connectivity index (χ2n) is 7.95. The van der Waals surface area contributed by atoms with Crippen LogP contribution in [-0.4, -0.2) is 75.9 Å². The van der Waals surface area contributed by atoms with E-state index in [2.05, 4.69) is 44.1 Å². The highest BCUT2D eigenvalue weighted by Crippen LogP contribution is 2.20. The van der Waals surface area contributed by atoms with Crippen molar-refractivity contribution in [2.24, 2.45) is 0 Å². The molecule has 5 rings (SSSR count). The number of hydrogen-bond donors (Lipinski definition) is 1. The molecule has 1 aromatic carbocycles. The van der Waals surface area contributed by atoms with Crippen LogP contribution in [-0.2, 0) is 11.3 Å². The Labute approximate surface area is 170 Å². The molecule has 1 N–H and O–H groups in total. The summed E-state index contributed by atoms with van der Waals surface area (Å²) in [5.41, 5.74) is 2.64. The number of carbonyl (C=O) groups excluding carboxylic acids is 1. The number of amides is 1.